The Kier molecular flexibility index (Phi) is 6.62. The van der Waals surface area contributed by atoms with Crippen LogP contribution in [0.4, 0.5) is 0 Å². The lowest BCUT2D eigenvalue weighted by Gasteiger charge is -2.10. The molecule has 0 N–H and O–H groups in total. The molecule has 0 saturated carbocycles. The van der Waals surface area contributed by atoms with Crippen LogP contribution in [0.3, 0.4) is 0 Å². The number of benzene rings is 1. The van der Waals surface area contributed by atoms with E-state index in [4.69, 9.17) is 9.47 Å². The first kappa shape index (κ1) is 19.0. The molecule has 0 saturated heterocycles. The van der Waals surface area contributed by atoms with Gasteiger partial charge in [-0.1, -0.05) is 32.0 Å². The van der Waals surface area contributed by atoms with Crippen molar-refractivity contribution >= 4 is 5.97 Å². The maximum absolute atomic E-state index is 12.1. The molecular formula is C20H28N2O3. The number of carbonyl (C=O) groups excluding carboxylic acids is 1. The Morgan fingerprint density at radius 2 is 1.88 bits per heavy atom. The Bertz CT molecular complexity index is 720. The number of hydrogen-bond donors (Lipinski definition) is 0. The molecule has 0 atom stereocenters. The van der Waals surface area contributed by atoms with Gasteiger partial charge in [-0.25, -0.2) is 0 Å². The lowest BCUT2D eigenvalue weighted by molar-refractivity contribution is -0.143. The van der Waals surface area contributed by atoms with Gasteiger partial charge in [0.25, 0.3) is 0 Å². The molecule has 1 heterocycles. The Morgan fingerprint density at radius 1 is 1.16 bits per heavy atom. The molecule has 0 fully saturated rings. The van der Waals surface area contributed by atoms with Gasteiger partial charge in [-0.3, -0.25) is 9.48 Å². The van der Waals surface area contributed by atoms with Gasteiger partial charge < -0.3 is 9.47 Å². The van der Waals surface area contributed by atoms with Crippen molar-refractivity contribution in [1.29, 1.82) is 0 Å². The molecule has 25 heavy (non-hydrogen) atoms. The van der Waals surface area contributed by atoms with Gasteiger partial charge in [0.2, 0.25) is 0 Å². The first-order valence-corrected chi connectivity index (χ1v) is 8.75. The third kappa shape index (κ3) is 5.34. The van der Waals surface area contributed by atoms with Gasteiger partial charge in [0, 0.05) is 17.8 Å². The number of carbonyl (C=O) groups is 1. The van der Waals surface area contributed by atoms with Crippen molar-refractivity contribution in [2.45, 2.75) is 47.6 Å². The maximum Gasteiger partial charge on any atom is 0.310 e. The number of esters is 1. The van der Waals surface area contributed by atoms with Crippen LogP contribution in [0, 0.1) is 26.7 Å². The summed E-state index contributed by atoms with van der Waals surface area (Å²) in [5.41, 5.74) is 3.97. The summed E-state index contributed by atoms with van der Waals surface area (Å²) in [4.78, 5) is 12.1. The fourth-order valence-electron chi connectivity index (χ4n) is 2.73. The minimum absolute atomic E-state index is 0.241. The van der Waals surface area contributed by atoms with Crippen molar-refractivity contribution in [1.82, 2.24) is 9.78 Å². The zero-order chi connectivity index (χ0) is 18.4. The Labute approximate surface area is 149 Å². The van der Waals surface area contributed by atoms with E-state index in [0.29, 0.717) is 12.5 Å². The normalized spacial score (nSPS) is 11.0. The molecule has 5 heteroatoms. The SMILES string of the molecule is Cc1ccccc1OCCOC(=O)Cc1c(C)nn(CC(C)C)c1C. The largest absolute Gasteiger partial charge is 0.490 e. The molecule has 2 aromatic rings. The molecular weight excluding hydrogens is 316 g/mol. The van der Waals surface area contributed by atoms with Crippen LogP contribution in [-0.2, 0) is 22.5 Å². The van der Waals surface area contributed by atoms with E-state index in [1.165, 1.54) is 0 Å². The van der Waals surface area contributed by atoms with Crippen molar-refractivity contribution < 1.29 is 14.3 Å². The van der Waals surface area contributed by atoms with Crippen molar-refractivity contribution in [2.24, 2.45) is 5.92 Å². The van der Waals surface area contributed by atoms with Gasteiger partial charge in [-0.05, 0) is 38.3 Å². The first-order valence-electron chi connectivity index (χ1n) is 8.75. The predicted octanol–water partition coefficient (Wildman–Crippen LogP) is 3.63. The van der Waals surface area contributed by atoms with Crippen molar-refractivity contribution in [3.8, 4) is 5.75 Å². The van der Waals surface area contributed by atoms with Crippen LogP contribution in [0.1, 0.15) is 36.4 Å². The predicted molar refractivity (Wildman–Crippen MR) is 97.9 cm³/mol. The second-order valence-corrected chi connectivity index (χ2v) is 6.74. The zero-order valence-corrected chi connectivity index (χ0v) is 15.8. The molecule has 0 aliphatic carbocycles. The molecule has 0 unspecified atom stereocenters. The molecule has 0 amide bonds. The average Bonchev–Trinajstić information content (AvgIpc) is 2.80. The van der Waals surface area contributed by atoms with E-state index in [2.05, 4.69) is 18.9 Å². The van der Waals surface area contributed by atoms with E-state index in [1.807, 2.05) is 49.7 Å². The Morgan fingerprint density at radius 3 is 2.56 bits per heavy atom. The number of nitrogens with zero attached hydrogens (tertiary/aromatic N) is 2. The molecule has 0 spiro atoms. The minimum Gasteiger partial charge on any atom is -0.490 e. The third-order valence-corrected chi connectivity index (χ3v) is 4.09. The van der Waals surface area contributed by atoms with Gasteiger partial charge in [0.1, 0.15) is 19.0 Å². The standard InChI is InChI=1S/C20H28N2O3/c1-14(2)13-22-17(5)18(16(4)21-22)12-20(23)25-11-10-24-19-9-7-6-8-15(19)3/h6-9,14H,10-13H2,1-5H3. The van der Waals surface area contributed by atoms with Crippen LogP contribution >= 0.6 is 0 Å². The highest BCUT2D eigenvalue weighted by molar-refractivity contribution is 5.73. The quantitative estimate of drug-likeness (QED) is 0.542. The summed E-state index contributed by atoms with van der Waals surface area (Å²) in [6, 6.07) is 7.79. The number of aryl methyl sites for hydroxylation is 2. The van der Waals surface area contributed by atoms with E-state index >= 15 is 0 Å². The molecule has 2 rings (SSSR count). The smallest absolute Gasteiger partial charge is 0.310 e. The van der Waals surface area contributed by atoms with E-state index < -0.39 is 0 Å². The van der Waals surface area contributed by atoms with Crippen LogP contribution in [0.2, 0.25) is 0 Å². The van der Waals surface area contributed by atoms with Crippen LogP contribution in [0.25, 0.3) is 0 Å². The average molecular weight is 344 g/mol. The fourth-order valence-corrected chi connectivity index (χ4v) is 2.73. The molecule has 1 aromatic carbocycles. The summed E-state index contributed by atoms with van der Waals surface area (Å²) in [7, 11) is 0. The molecule has 0 aliphatic heterocycles. The Hall–Kier alpha value is -2.30. The topological polar surface area (TPSA) is 53.4 Å². The summed E-state index contributed by atoms with van der Waals surface area (Å²) < 4.78 is 12.9. The summed E-state index contributed by atoms with van der Waals surface area (Å²) >= 11 is 0. The van der Waals surface area contributed by atoms with Crippen LogP contribution in [0.15, 0.2) is 24.3 Å². The van der Waals surface area contributed by atoms with E-state index in [0.717, 1.165) is 34.8 Å². The summed E-state index contributed by atoms with van der Waals surface area (Å²) in [5, 5.41) is 4.53. The van der Waals surface area contributed by atoms with Gasteiger partial charge in [0.05, 0.1) is 12.1 Å². The zero-order valence-electron chi connectivity index (χ0n) is 15.8. The Balaban J connectivity index is 1.82. The number of aromatic nitrogens is 2. The lowest BCUT2D eigenvalue weighted by Crippen LogP contribution is -2.15. The van der Waals surface area contributed by atoms with Crippen molar-refractivity contribution in [2.75, 3.05) is 13.2 Å². The van der Waals surface area contributed by atoms with Crippen LogP contribution in [-0.4, -0.2) is 29.0 Å². The molecule has 0 bridgehead atoms. The van der Waals surface area contributed by atoms with Gasteiger partial charge >= 0.3 is 5.97 Å². The molecule has 1 aromatic heterocycles. The number of hydrogen-bond acceptors (Lipinski definition) is 4. The number of rotatable bonds is 8. The fraction of sp³-hybridized carbons (Fsp3) is 0.500. The summed E-state index contributed by atoms with van der Waals surface area (Å²) in [6.45, 7) is 11.7. The second kappa shape index (κ2) is 8.70. The van der Waals surface area contributed by atoms with Gasteiger partial charge in [0.15, 0.2) is 0 Å². The first-order chi connectivity index (χ1) is 11.9. The second-order valence-electron chi connectivity index (χ2n) is 6.74. The van der Waals surface area contributed by atoms with Gasteiger partial charge in [-0.15, -0.1) is 0 Å². The van der Waals surface area contributed by atoms with Crippen LogP contribution in [0.5, 0.6) is 5.75 Å². The van der Waals surface area contributed by atoms with E-state index in [1.54, 1.807) is 0 Å². The van der Waals surface area contributed by atoms with E-state index in [-0.39, 0.29) is 19.0 Å². The highest BCUT2D eigenvalue weighted by Crippen LogP contribution is 2.17. The minimum atomic E-state index is -0.247. The summed E-state index contributed by atoms with van der Waals surface area (Å²) in [5.74, 6) is 1.08. The molecule has 0 radical (unpaired) electrons. The summed E-state index contributed by atoms with van der Waals surface area (Å²) in [6.07, 6.45) is 0.250. The number of para-hydroxylation sites is 1. The molecule has 5 nitrogen and oxygen atoms in total. The molecule has 0 aliphatic rings. The van der Waals surface area contributed by atoms with Crippen molar-refractivity contribution in [3.05, 3.63) is 46.8 Å². The monoisotopic (exact) mass is 344 g/mol. The highest BCUT2D eigenvalue weighted by atomic mass is 16.6. The van der Waals surface area contributed by atoms with Gasteiger partial charge in [-0.2, -0.15) is 5.10 Å². The highest BCUT2D eigenvalue weighted by Gasteiger charge is 2.16. The third-order valence-electron chi connectivity index (χ3n) is 4.09. The molecule has 136 valence electrons. The number of ether oxygens (including phenoxy) is 2. The van der Waals surface area contributed by atoms with Crippen molar-refractivity contribution in [3.63, 3.8) is 0 Å². The lowest BCUT2D eigenvalue weighted by atomic mass is 10.1. The van der Waals surface area contributed by atoms with E-state index in [9.17, 15) is 4.79 Å². The van der Waals surface area contributed by atoms with Crippen LogP contribution < -0.4 is 4.74 Å². The maximum atomic E-state index is 12.1.